The van der Waals surface area contributed by atoms with Gasteiger partial charge in [-0.25, -0.2) is 5.32 Å². The Bertz CT molecular complexity index is 97.1. The van der Waals surface area contributed by atoms with Crippen LogP contribution < -0.4 is 5.32 Å². The zero-order chi connectivity index (χ0) is 7.44. The van der Waals surface area contributed by atoms with E-state index < -0.39 is 0 Å². The van der Waals surface area contributed by atoms with Crippen LogP contribution in [0.4, 0.5) is 0 Å². The lowest BCUT2D eigenvalue weighted by Crippen LogP contribution is -2.26. The average Bonchev–Trinajstić information content (AvgIpc) is 1.63. The normalized spacial score (nSPS) is 10.4. The summed E-state index contributed by atoms with van der Waals surface area (Å²) in [6.45, 7) is 7.52. The second-order valence-electron chi connectivity index (χ2n) is 2.72. The standard InChI is InChI=1S/C7H14NO/c1-5(2)7(9)8-6(3)4/h5-6H,1-4H3. The minimum atomic E-state index is 0.00463. The molecular weight excluding hydrogens is 114 g/mol. The smallest absolute Gasteiger partial charge is 0.243 e. The monoisotopic (exact) mass is 128 g/mol. The van der Waals surface area contributed by atoms with E-state index in [0.29, 0.717) is 0 Å². The third-order valence-electron chi connectivity index (χ3n) is 0.879. The summed E-state index contributed by atoms with van der Waals surface area (Å²) in [7, 11) is 0. The highest BCUT2D eigenvalue weighted by Gasteiger charge is 2.08. The maximum absolute atomic E-state index is 10.8. The highest BCUT2D eigenvalue weighted by molar-refractivity contribution is 5.77. The molecule has 0 aliphatic rings. The van der Waals surface area contributed by atoms with Crippen LogP contribution in [0.5, 0.6) is 0 Å². The van der Waals surface area contributed by atoms with Gasteiger partial charge in [0.2, 0.25) is 5.91 Å². The van der Waals surface area contributed by atoms with Crippen molar-refractivity contribution in [1.29, 1.82) is 0 Å². The van der Waals surface area contributed by atoms with E-state index in [1.807, 2.05) is 27.7 Å². The van der Waals surface area contributed by atoms with Gasteiger partial charge >= 0.3 is 0 Å². The lowest BCUT2D eigenvalue weighted by Gasteiger charge is -2.05. The van der Waals surface area contributed by atoms with E-state index in [2.05, 4.69) is 5.32 Å². The number of hydrogen-bond donors (Lipinski definition) is 0. The molecule has 0 aromatic rings. The lowest BCUT2D eigenvalue weighted by molar-refractivity contribution is -0.124. The highest BCUT2D eigenvalue weighted by atomic mass is 16.1. The quantitative estimate of drug-likeness (QED) is 0.549. The summed E-state index contributed by atoms with van der Waals surface area (Å²) >= 11 is 0. The lowest BCUT2D eigenvalue weighted by atomic mass is 10.2. The minimum Gasteiger partial charge on any atom is -0.273 e. The van der Waals surface area contributed by atoms with E-state index in [0.717, 1.165) is 0 Å². The van der Waals surface area contributed by atoms with E-state index in [9.17, 15) is 4.79 Å². The van der Waals surface area contributed by atoms with Crippen molar-refractivity contribution in [1.82, 2.24) is 5.32 Å². The van der Waals surface area contributed by atoms with Crippen LogP contribution >= 0.6 is 0 Å². The molecule has 0 spiro atoms. The van der Waals surface area contributed by atoms with Crippen LogP contribution in [0, 0.1) is 5.92 Å². The van der Waals surface area contributed by atoms with Crippen LogP contribution in [0.2, 0.25) is 0 Å². The Labute approximate surface area is 56.6 Å². The van der Waals surface area contributed by atoms with E-state index >= 15 is 0 Å². The molecule has 0 bridgehead atoms. The van der Waals surface area contributed by atoms with Gasteiger partial charge in [0.05, 0.1) is 0 Å². The highest BCUT2D eigenvalue weighted by Crippen LogP contribution is 1.93. The zero-order valence-corrected chi connectivity index (χ0v) is 6.51. The van der Waals surface area contributed by atoms with Crippen LogP contribution in [0.15, 0.2) is 0 Å². The predicted octanol–water partition coefficient (Wildman–Crippen LogP) is 1.18. The predicted molar refractivity (Wildman–Crippen MR) is 37.1 cm³/mol. The molecule has 0 aromatic carbocycles. The second kappa shape index (κ2) is 3.49. The fourth-order valence-electron chi connectivity index (χ4n) is 0.404. The second-order valence-corrected chi connectivity index (χ2v) is 2.72. The van der Waals surface area contributed by atoms with Crippen molar-refractivity contribution in [3.63, 3.8) is 0 Å². The topological polar surface area (TPSA) is 31.2 Å². The number of rotatable bonds is 2. The molecule has 2 nitrogen and oxygen atoms in total. The van der Waals surface area contributed by atoms with E-state index in [4.69, 9.17) is 0 Å². The molecular formula is C7H14NO. The summed E-state index contributed by atoms with van der Waals surface area (Å²) in [5, 5.41) is 3.84. The molecule has 53 valence electrons. The molecule has 0 aliphatic carbocycles. The molecule has 0 heterocycles. The first-order valence-corrected chi connectivity index (χ1v) is 3.28. The summed E-state index contributed by atoms with van der Waals surface area (Å²) in [4.78, 5) is 10.8. The zero-order valence-electron chi connectivity index (χ0n) is 6.51. The Hall–Kier alpha value is -0.530. The van der Waals surface area contributed by atoms with Crippen molar-refractivity contribution < 1.29 is 4.79 Å². The summed E-state index contributed by atoms with van der Waals surface area (Å²) in [6, 6.07) is 0.139. The van der Waals surface area contributed by atoms with E-state index in [1.54, 1.807) is 0 Å². The van der Waals surface area contributed by atoms with Crippen LogP contribution in [-0.2, 0) is 4.79 Å². The number of hydrogen-bond acceptors (Lipinski definition) is 1. The molecule has 0 N–H and O–H groups in total. The summed E-state index contributed by atoms with van der Waals surface area (Å²) in [6.07, 6.45) is 0. The van der Waals surface area contributed by atoms with Gasteiger partial charge in [0.25, 0.3) is 0 Å². The summed E-state index contributed by atoms with van der Waals surface area (Å²) in [5.41, 5.74) is 0. The maximum atomic E-state index is 10.8. The van der Waals surface area contributed by atoms with Crippen molar-refractivity contribution in [2.75, 3.05) is 0 Å². The first-order valence-electron chi connectivity index (χ1n) is 3.28. The van der Waals surface area contributed by atoms with Crippen molar-refractivity contribution in [2.45, 2.75) is 33.7 Å². The van der Waals surface area contributed by atoms with Crippen molar-refractivity contribution in [2.24, 2.45) is 5.92 Å². The Morgan fingerprint density at radius 3 is 1.78 bits per heavy atom. The molecule has 0 aliphatic heterocycles. The number of carbonyl (C=O) groups is 1. The number of carbonyl (C=O) groups excluding carboxylic acids is 1. The fraction of sp³-hybridized carbons (Fsp3) is 0.857. The SMILES string of the molecule is CC(C)[N]C(=O)C(C)C. The molecule has 0 saturated carbocycles. The van der Waals surface area contributed by atoms with Gasteiger partial charge in [-0.3, -0.25) is 4.79 Å². The van der Waals surface area contributed by atoms with E-state index in [-0.39, 0.29) is 17.9 Å². The van der Waals surface area contributed by atoms with Crippen molar-refractivity contribution >= 4 is 5.91 Å². The Kier molecular flexibility index (Phi) is 3.28. The molecule has 0 saturated heterocycles. The maximum Gasteiger partial charge on any atom is 0.243 e. The molecule has 0 atom stereocenters. The minimum absolute atomic E-state index is 0.00463. The molecule has 0 rings (SSSR count). The molecule has 0 aromatic heterocycles. The van der Waals surface area contributed by atoms with Crippen LogP contribution in [0.25, 0.3) is 0 Å². The number of nitrogens with zero attached hydrogens (tertiary/aromatic N) is 1. The van der Waals surface area contributed by atoms with Crippen LogP contribution in [0.3, 0.4) is 0 Å². The fourth-order valence-corrected chi connectivity index (χ4v) is 0.404. The first-order chi connectivity index (χ1) is 4.04. The van der Waals surface area contributed by atoms with Crippen molar-refractivity contribution in [3.8, 4) is 0 Å². The van der Waals surface area contributed by atoms with Gasteiger partial charge in [0, 0.05) is 12.0 Å². The third kappa shape index (κ3) is 4.01. The van der Waals surface area contributed by atoms with Crippen LogP contribution in [-0.4, -0.2) is 11.9 Å². The van der Waals surface area contributed by atoms with Gasteiger partial charge in [-0.2, -0.15) is 0 Å². The summed E-state index contributed by atoms with van der Waals surface area (Å²) < 4.78 is 0. The van der Waals surface area contributed by atoms with Crippen LogP contribution in [0.1, 0.15) is 27.7 Å². The molecule has 0 unspecified atom stereocenters. The Balaban J connectivity index is 3.51. The first kappa shape index (κ1) is 8.47. The van der Waals surface area contributed by atoms with Crippen molar-refractivity contribution in [3.05, 3.63) is 0 Å². The third-order valence-corrected chi connectivity index (χ3v) is 0.879. The van der Waals surface area contributed by atoms with E-state index in [1.165, 1.54) is 0 Å². The number of amides is 1. The molecule has 1 radical (unpaired) electrons. The molecule has 1 amide bonds. The van der Waals surface area contributed by atoms with Gasteiger partial charge < -0.3 is 0 Å². The van der Waals surface area contributed by atoms with Gasteiger partial charge in [0.15, 0.2) is 0 Å². The molecule has 2 heteroatoms. The Morgan fingerprint density at radius 2 is 1.67 bits per heavy atom. The summed E-state index contributed by atoms with van der Waals surface area (Å²) in [5.74, 6) is 0.0531. The van der Waals surface area contributed by atoms with Gasteiger partial charge in [-0.05, 0) is 13.8 Å². The van der Waals surface area contributed by atoms with Gasteiger partial charge in [-0.15, -0.1) is 0 Å². The van der Waals surface area contributed by atoms with Gasteiger partial charge in [-0.1, -0.05) is 13.8 Å². The molecule has 9 heavy (non-hydrogen) atoms. The Morgan fingerprint density at radius 1 is 1.22 bits per heavy atom. The average molecular weight is 128 g/mol. The largest absolute Gasteiger partial charge is 0.273 e. The van der Waals surface area contributed by atoms with Gasteiger partial charge in [0.1, 0.15) is 0 Å². The molecule has 0 fully saturated rings.